The van der Waals surface area contributed by atoms with Gasteiger partial charge in [-0.05, 0) is 55.3 Å². The molecule has 2 aromatic carbocycles. The highest BCUT2D eigenvalue weighted by atomic mass is 35.5. The Morgan fingerprint density at radius 3 is 2.94 bits per heavy atom. The number of H-pyrrole nitrogens is 2. The average Bonchev–Trinajstić information content (AvgIpc) is 3.52. The van der Waals surface area contributed by atoms with E-state index >= 15 is 0 Å². The van der Waals surface area contributed by atoms with Gasteiger partial charge in [-0.25, -0.2) is 4.98 Å². The van der Waals surface area contributed by atoms with Crippen molar-refractivity contribution in [1.29, 1.82) is 0 Å². The van der Waals surface area contributed by atoms with E-state index in [9.17, 15) is 9.59 Å². The molecule has 0 saturated carbocycles. The molecular weight excluding hydrogens is 472 g/mol. The molecule has 11 nitrogen and oxygen atoms in total. The predicted octanol–water partition coefficient (Wildman–Crippen LogP) is 2.50. The number of halogens is 1. The number of ether oxygens (including phenoxy) is 1. The number of morpholine rings is 1. The van der Waals surface area contributed by atoms with Gasteiger partial charge in [-0.1, -0.05) is 16.8 Å². The Labute approximate surface area is 205 Å². The van der Waals surface area contributed by atoms with E-state index in [0.717, 1.165) is 22.3 Å². The molecule has 0 aliphatic carbocycles. The fourth-order valence-electron chi connectivity index (χ4n) is 4.12. The van der Waals surface area contributed by atoms with Gasteiger partial charge in [-0.2, -0.15) is 5.21 Å². The van der Waals surface area contributed by atoms with Crippen molar-refractivity contribution < 1.29 is 14.3 Å². The molecule has 12 heteroatoms. The van der Waals surface area contributed by atoms with Crippen molar-refractivity contribution >= 4 is 40.1 Å². The third kappa shape index (κ3) is 5.00. The van der Waals surface area contributed by atoms with E-state index in [1.165, 1.54) is 0 Å². The molecular formula is C23H23ClN8O3. The molecule has 0 spiro atoms. The van der Waals surface area contributed by atoms with Gasteiger partial charge in [-0.3, -0.25) is 9.59 Å². The molecule has 1 saturated heterocycles. The minimum atomic E-state index is -0.437. The van der Waals surface area contributed by atoms with Gasteiger partial charge in [0, 0.05) is 29.2 Å². The summed E-state index contributed by atoms with van der Waals surface area (Å²) in [6, 6.07) is 10.2. The predicted molar refractivity (Wildman–Crippen MR) is 128 cm³/mol. The van der Waals surface area contributed by atoms with Gasteiger partial charge in [0.1, 0.15) is 12.4 Å². The lowest BCUT2D eigenvalue weighted by Gasteiger charge is -2.28. The molecule has 180 valence electrons. The quantitative estimate of drug-likeness (QED) is 0.358. The Bertz CT molecular complexity index is 1370. The van der Waals surface area contributed by atoms with E-state index < -0.39 is 6.04 Å². The number of imidazole rings is 1. The Hall–Kier alpha value is -3.83. The highest BCUT2D eigenvalue weighted by molar-refractivity contribution is 6.31. The molecule has 2 amide bonds. The fraction of sp³-hybridized carbons (Fsp3) is 0.304. The van der Waals surface area contributed by atoms with Gasteiger partial charge >= 0.3 is 0 Å². The molecule has 0 bridgehead atoms. The zero-order valence-corrected chi connectivity index (χ0v) is 19.7. The van der Waals surface area contributed by atoms with Crippen molar-refractivity contribution in [3.8, 4) is 0 Å². The van der Waals surface area contributed by atoms with Crippen molar-refractivity contribution in [2.24, 2.45) is 0 Å². The summed E-state index contributed by atoms with van der Waals surface area (Å²) in [6.07, 6.45) is 0.981. The van der Waals surface area contributed by atoms with Crippen molar-refractivity contribution in [2.45, 2.75) is 25.8 Å². The minimum Gasteiger partial charge on any atom is -0.370 e. The highest BCUT2D eigenvalue weighted by Crippen LogP contribution is 2.25. The molecule has 0 unspecified atom stereocenters. The number of carbonyl (C=O) groups is 2. The molecule has 2 aromatic heterocycles. The van der Waals surface area contributed by atoms with Crippen molar-refractivity contribution in [1.82, 2.24) is 35.9 Å². The van der Waals surface area contributed by atoms with Gasteiger partial charge in [0.25, 0.3) is 11.8 Å². The van der Waals surface area contributed by atoms with Crippen LogP contribution in [0.3, 0.4) is 0 Å². The van der Waals surface area contributed by atoms with Crippen molar-refractivity contribution in [2.75, 3.05) is 24.7 Å². The first-order chi connectivity index (χ1) is 17.0. The maximum absolute atomic E-state index is 13.2. The van der Waals surface area contributed by atoms with Crippen LogP contribution in [0.15, 0.2) is 36.4 Å². The number of tetrazole rings is 1. The van der Waals surface area contributed by atoms with Gasteiger partial charge < -0.3 is 19.9 Å². The fourth-order valence-corrected chi connectivity index (χ4v) is 4.29. The standard InChI is InChI=1S/C23H23ClN8O3/c1-13-10-14(2-6-19(13)32-8-9-35-12-21(32)33)23(34)27-17(5-7-20-28-30-31-29-20)22-25-16-4-3-15(24)11-18(16)26-22/h2-4,6,10-11,17H,5,7-9,12H2,1H3,(H,25,26)(H,27,34)(H,28,29,30,31)/t17-/m0/s1. The number of benzene rings is 2. The van der Waals surface area contributed by atoms with Gasteiger partial charge in [0.05, 0.1) is 23.7 Å². The third-order valence-corrected chi connectivity index (χ3v) is 6.11. The van der Waals surface area contributed by atoms with Crippen LogP contribution in [0.4, 0.5) is 5.69 Å². The van der Waals surface area contributed by atoms with Crippen LogP contribution in [0.2, 0.25) is 5.02 Å². The van der Waals surface area contributed by atoms with Gasteiger partial charge in [-0.15, -0.1) is 10.2 Å². The second-order valence-electron chi connectivity index (χ2n) is 8.28. The van der Waals surface area contributed by atoms with Crippen LogP contribution in [0.1, 0.15) is 40.0 Å². The van der Waals surface area contributed by atoms with Gasteiger partial charge in [0.2, 0.25) is 0 Å². The van der Waals surface area contributed by atoms with Crippen LogP contribution in [0.5, 0.6) is 0 Å². The summed E-state index contributed by atoms with van der Waals surface area (Å²) in [5, 5.41) is 17.7. The molecule has 1 fully saturated rings. The van der Waals surface area contributed by atoms with E-state index in [2.05, 4.69) is 35.9 Å². The van der Waals surface area contributed by atoms with Crippen LogP contribution in [0, 0.1) is 6.92 Å². The van der Waals surface area contributed by atoms with Crippen LogP contribution in [-0.2, 0) is 16.0 Å². The summed E-state index contributed by atoms with van der Waals surface area (Å²) in [6.45, 7) is 2.91. The number of aromatic amines is 2. The minimum absolute atomic E-state index is 0.0620. The SMILES string of the molecule is Cc1cc(C(=O)N[C@@H](CCc2nn[nH]n2)c2nc3ccc(Cl)cc3[nH]2)ccc1N1CCOCC1=O. The Kier molecular flexibility index (Phi) is 6.43. The zero-order chi connectivity index (χ0) is 24.4. The maximum Gasteiger partial charge on any atom is 0.253 e. The first kappa shape index (κ1) is 22.9. The first-order valence-electron chi connectivity index (χ1n) is 11.1. The number of rotatable bonds is 7. The summed E-state index contributed by atoms with van der Waals surface area (Å²) >= 11 is 6.12. The van der Waals surface area contributed by atoms with Crippen LogP contribution in [-0.4, -0.2) is 62.2 Å². The first-order valence-corrected chi connectivity index (χ1v) is 11.5. The number of nitrogens with zero attached hydrogens (tertiary/aromatic N) is 5. The maximum atomic E-state index is 13.2. The number of aryl methyl sites for hydroxylation is 2. The number of fused-ring (bicyclic) bond motifs is 1. The number of aromatic nitrogens is 6. The largest absolute Gasteiger partial charge is 0.370 e. The van der Waals surface area contributed by atoms with E-state index in [0.29, 0.717) is 48.2 Å². The van der Waals surface area contributed by atoms with E-state index in [-0.39, 0.29) is 18.4 Å². The lowest BCUT2D eigenvalue weighted by Crippen LogP contribution is -2.42. The number of amides is 2. The molecule has 1 aliphatic heterocycles. The number of hydrogen-bond donors (Lipinski definition) is 3. The Morgan fingerprint density at radius 2 is 2.17 bits per heavy atom. The van der Waals surface area contributed by atoms with E-state index in [1.54, 1.807) is 35.2 Å². The summed E-state index contributed by atoms with van der Waals surface area (Å²) < 4.78 is 5.21. The van der Waals surface area contributed by atoms with E-state index in [1.807, 2.05) is 13.0 Å². The van der Waals surface area contributed by atoms with Crippen molar-refractivity contribution in [3.05, 3.63) is 64.2 Å². The molecule has 1 atom stereocenters. The van der Waals surface area contributed by atoms with Crippen LogP contribution in [0.25, 0.3) is 11.0 Å². The van der Waals surface area contributed by atoms with Crippen LogP contribution >= 0.6 is 11.6 Å². The molecule has 3 heterocycles. The lowest BCUT2D eigenvalue weighted by atomic mass is 10.1. The van der Waals surface area contributed by atoms with E-state index in [4.69, 9.17) is 16.3 Å². The molecule has 0 radical (unpaired) electrons. The summed E-state index contributed by atoms with van der Waals surface area (Å²) in [5.74, 6) is 0.790. The second-order valence-corrected chi connectivity index (χ2v) is 8.71. The number of nitrogens with one attached hydrogen (secondary N) is 3. The summed E-state index contributed by atoms with van der Waals surface area (Å²) in [7, 11) is 0. The van der Waals surface area contributed by atoms with Crippen molar-refractivity contribution in [3.63, 3.8) is 0 Å². The number of anilines is 1. The summed E-state index contributed by atoms with van der Waals surface area (Å²) in [4.78, 5) is 35.1. The molecule has 35 heavy (non-hydrogen) atoms. The number of hydrogen-bond acceptors (Lipinski definition) is 7. The average molecular weight is 495 g/mol. The molecule has 3 N–H and O–H groups in total. The van der Waals surface area contributed by atoms with Crippen LogP contribution < -0.4 is 10.2 Å². The topological polar surface area (TPSA) is 142 Å². The monoisotopic (exact) mass is 494 g/mol. The zero-order valence-electron chi connectivity index (χ0n) is 18.9. The molecule has 1 aliphatic rings. The smallest absolute Gasteiger partial charge is 0.253 e. The highest BCUT2D eigenvalue weighted by Gasteiger charge is 2.24. The molecule has 5 rings (SSSR count). The molecule has 4 aromatic rings. The lowest BCUT2D eigenvalue weighted by molar-refractivity contribution is -0.125. The third-order valence-electron chi connectivity index (χ3n) is 5.88. The normalized spacial score (nSPS) is 14.9. The Morgan fingerprint density at radius 1 is 1.29 bits per heavy atom. The van der Waals surface area contributed by atoms with Gasteiger partial charge in [0.15, 0.2) is 5.82 Å². The number of carbonyl (C=O) groups excluding carboxylic acids is 2. The second kappa shape index (κ2) is 9.80. The Balaban J connectivity index is 1.38. The summed E-state index contributed by atoms with van der Waals surface area (Å²) in [5.41, 5.74) is 3.61.